The molecule has 4 heterocycles. The first-order valence-electron chi connectivity index (χ1n) is 11.3. The van der Waals surface area contributed by atoms with Gasteiger partial charge in [-0.1, -0.05) is 17.4 Å². The van der Waals surface area contributed by atoms with Crippen LogP contribution in [0.2, 0.25) is 0 Å². The second-order valence-electron chi connectivity index (χ2n) is 8.50. The van der Waals surface area contributed by atoms with Gasteiger partial charge in [-0.2, -0.15) is 0 Å². The number of nitrogens with one attached hydrogen (secondary N) is 2. The van der Waals surface area contributed by atoms with E-state index in [4.69, 9.17) is 14.3 Å². The quantitative estimate of drug-likeness (QED) is 0.421. The number of nitrogens with zero attached hydrogens (tertiary/aromatic N) is 3. The molecular weight excluding hydrogens is 493 g/mol. The van der Waals surface area contributed by atoms with Crippen molar-refractivity contribution < 1.29 is 33.0 Å². The number of hydrogen-bond donors (Lipinski definition) is 3. The molecule has 190 valence electrons. The number of fused-ring (bicyclic) bond motifs is 4. The van der Waals surface area contributed by atoms with Crippen LogP contribution in [-0.4, -0.2) is 66.1 Å². The fraction of sp³-hybridized carbons (Fsp3) is 0.391. The Balaban J connectivity index is 1.41. The molecule has 3 aromatic rings. The fourth-order valence-corrected chi connectivity index (χ4v) is 5.40. The number of rotatable bonds is 6. The van der Waals surface area contributed by atoms with Crippen molar-refractivity contribution in [1.82, 2.24) is 15.3 Å². The predicted molar refractivity (Wildman–Crippen MR) is 128 cm³/mol. The van der Waals surface area contributed by atoms with Gasteiger partial charge in [-0.3, -0.25) is 5.32 Å². The zero-order valence-corrected chi connectivity index (χ0v) is 20.3. The third-order valence-corrected chi connectivity index (χ3v) is 7.14. The molecule has 0 unspecified atom stereocenters. The van der Waals surface area contributed by atoms with Crippen molar-refractivity contribution >= 4 is 34.5 Å². The number of aliphatic hydroxyl groups is 1. The van der Waals surface area contributed by atoms with Gasteiger partial charge < -0.3 is 29.2 Å². The van der Waals surface area contributed by atoms with Gasteiger partial charge in [0.25, 0.3) is 6.01 Å². The van der Waals surface area contributed by atoms with Crippen molar-refractivity contribution in [2.45, 2.75) is 31.5 Å². The summed E-state index contributed by atoms with van der Waals surface area (Å²) in [6, 6.07) is 3.49. The first-order chi connectivity index (χ1) is 17.4. The van der Waals surface area contributed by atoms with Crippen molar-refractivity contribution in [3.8, 4) is 11.3 Å². The van der Waals surface area contributed by atoms with E-state index < -0.39 is 17.8 Å². The van der Waals surface area contributed by atoms with E-state index in [0.29, 0.717) is 30.8 Å². The molecule has 2 amide bonds. The summed E-state index contributed by atoms with van der Waals surface area (Å²) in [6.45, 7) is 2.30. The van der Waals surface area contributed by atoms with Crippen molar-refractivity contribution in [1.29, 1.82) is 0 Å². The van der Waals surface area contributed by atoms with Crippen LogP contribution in [0.1, 0.15) is 33.9 Å². The molecule has 1 aromatic carbocycles. The first kappa shape index (κ1) is 24.2. The average Bonchev–Trinajstić information content (AvgIpc) is 3.50. The molecule has 1 saturated heterocycles. The lowest BCUT2D eigenvalue weighted by Crippen LogP contribution is -2.51. The Kier molecular flexibility index (Phi) is 6.60. The number of esters is 1. The number of carbonyl (C=O) groups is 2. The second kappa shape index (κ2) is 9.84. The Morgan fingerprint density at radius 1 is 1.39 bits per heavy atom. The van der Waals surface area contributed by atoms with E-state index in [0.717, 1.165) is 10.6 Å². The molecule has 0 saturated carbocycles. The second-order valence-corrected chi connectivity index (χ2v) is 9.53. The number of oxazole rings is 1. The maximum absolute atomic E-state index is 15.0. The van der Waals surface area contributed by atoms with E-state index in [1.165, 1.54) is 36.8 Å². The molecule has 2 aliphatic rings. The minimum Gasteiger partial charge on any atom is -0.465 e. The number of amides is 2. The molecule has 1 fully saturated rings. The van der Waals surface area contributed by atoms with Crippen LogP contribution in [0.4, 0.5) is 20.3 Å². The average molecular weight is 518 g/mol. The van der Waals surface area contributed by atoms with Crippen LogP contribution >= 0.6 is 11.3 Å². The van der Waals surface area contributed by atoms with Gasteiger partial charge in [0.1, 0.15) is 5.82 Å². The largest absolute Gasteiger partial charge is 0.465 e. The molecule has 3 N–H and O–H groups in total. The number of methoxy groups -OCH3 is 1. The molecule has 0 aliphatic carbocycles. The van der Waals surface area contributed by atoms with Crippen molar-refractivity contribution in [2.24, 2.45) is 0 Å². The highest BCUT2D eigenvalue weighted by Gasteiger charge is 2.43. The highest BCUT2D eigenvalue weighted by molar-refractivity contribution is 7.16. The van der Waals surface area contributed by atoms with Gasteiger partial charge in [0.2, 0.25) is 0 Å². The van der Waals surface area contributed by atoms with E-state index >= 15 is 4.39 Å². The lowest BCUT2D eigenvalue weighted by atomic mass is 9.97. The van der Waals surface area contributed by atoms with Gasteiger partial charge in [-0.25, -0.2) is 23.9 Å². The van der Waals surface area contributed by atoms with Crippen LogP contribution in [0.3, 0.4) is 0 Å². The molecule has 36 heavy (non-hydrogen) atoms. The van der Waals surface area contributed by atoms with Crippen LogP contribution in [-0.2, 0) is 15.9 Å². The number of thiazole rings is 1. The molecule has 3 atom stereocenters. The standard InChI is InChI=1S/C23H24FN5O6S/c1-11(8-30)26-21(32)28-22-27-15-6-12-9-34-10-16(19(15)36-22)29(12)23-25-7-17(35-23)13-4-3-5-14(18(13)24)20(31)33-2/h3-5,7,11-12,16,30H,6,8-10H2,1-2H3,(H2,26,27,28,32)/t11-,12+,16+/m1/s1. The number of hydrogen-bond acceptors (Lipinski definition) is 10. The van der Waals surface area contributed by atoms with E-state index in [-0.39, 0.29) is 41.6 Å². The summed E-state index contributed by atoms with van der Waals surface area (Å²) in [4.78, 5) is 36.0. The van der Waals surface area contributed by atoms with Crippen molar-refractivity contribution in [2.75, 3.05) is 37.1 Å². The number of benzene rings is 1. The Bertz CT molecular complexity index is 1300. The smallest absolute Gasteiger partial charge is 0.340 e. The van der Waals surface area contributed by atoms with E-state index in [9.17, 15) is 9.59 Å². The lowest BCUT2D eigenvalue weighted by molar-refractivity contribution is 0.0578. The van der Waals surface area contributed by atoms with E-state index in [1.807, 2.05) is 4.90 Å². The Labute approximate surface area is 209 Å². The van der Waals surface area contributed by atoms with Gasteiger partial charge in [0.05, 0.1) is 73.0 Å². The Hall–Kier alpha value is -3.55. The highest BCUT2D eigenvalue weighted by Crippen LogP contribution is 2.44. The van der Waals surface area contributed by atoms with Gasteiger partial charge in [-0.15, -0.1) is 0 Å². The van der Waals surface area contributed by atoms with Crippen molar-refractivity contribution in [3.63, 3.8) is 0 Å². The van der Waals surface area contributed by atoms with Crippen LogP contribution < -0.4 is 15.5 Å². The van der Waals surface area contributed by atoms with Crippen LogP contribution in [0.5, 0.6) is 0 Å². The maximum atomic E-state index is 15.0. The molecule has 11 nitrogen and oxygen atoms in total. The third kappa shape index (κ3) is 4.40. The Morgan fingerprint density at radius 3 is 3.00 bits per heavy atom. The molecular formula is C23H24FN5O6S. The van der Waals surface area contributed by atoms with Gasteiger partial charge in [0.15, 0.2) is 10.9 Å². The zero-order chi connectivity index (χ0) is 25.4. The number of aromatic nitrogens is 2. The van der Waals surface area contributed by atoms with Crippen LogP contribution in [0.25, 0.3) is 11.3 Å². The molecule has 13 heteroatoms. The zero-order valence-electron chi connectivity index (χ0n) is 19.5. The van der Waals surface area contributed by atoms with Gasteiger partial charge >= 0.3 is 12.0 Å². The number of anilines is 2. The first-order valence-corrected chi connectivity index (χ1v) is 12.1. The van der Waals surface area contributed by atoms with E-state index in [2.05, 4.69) is 25.3 Å². The summed E-state index contributed by atoms with van der Waals surface area (Å²) in [5.74, 6) is -1.35. The summed E-state index contributed by atoms with van der Waals surface area (Å²) in [5, 5.41) is 14.9. The molecule has 2 aliphatic heterocycles. The normalized spacial score (nSPS) is 19.4. The fourth-order valence-electron chi connectivity index (χ4n) is 4.33. The molecule has 2 bridgehead atoms. The summed E-state index contributed by atoms with van der Waals surface area (Å²) in [5.41, 5.74) is 0.773. The molecule has 0 spiro atoms. The SMILES string of the molecule is COC(=O)c1cccc(-c2cnc(N3[C@@H]4COC[C@H]3c3sc(NC(=O)N[C@H](C)CO)nc3C4)o2)c1F. The number of morpholine rings is 1. The summed E-state index contributed by atoms with van der Waals surface area (Å²) in [7, 11) is 1.19. The predicted octanol–water partition coefficient (Wildman–Crippen LogP) is 2.73. The number of urea groups is 1. The van der Waals surface area contributed by atoms with Gasteiger partial charge in [0, 0.05) is 6.42 Å². The number of halogens is 1. The number of aliphatic hydroxyl groups excluding tert-OH is 1. The van der Waals surface area contributed by atoms with E-state index in [1.54, 1.807) is 13.0 Å². The minimum absolute atomic E-state index is 0.100. The summed E-state index contributed by atoms with van der Waals surface area (Å²) >= 11 is 1.33. The lowest BCUT2D eigenvalue weighted by Gasteiger charge is -2.43. The maximum Gasteiger partial charge on any atom is 0.340 e. The third-order valence-electron chi connectivity index (χ3n) is 6.03. The molecule has 0 radical (unpaired) electrons. The monoisotopic (exact) mass is 517 g/mol. The summed E-state index contributed by atoms with van der Waals surface area (Å²) in [6.07, 6.45) is 1.97. The number of carbonyl (C=O) groups excluding carboxylic acids is 2. The minimum atomic E-state index is -0.779. The Morgan fingerprint density at radius 2 is 2.22 bits per heavy atom. The summed E-state index contributed by atoms with van der Waals surface area (Å²) < 4.78 is 31.4. The van der Waals surface area contributed by atoms with Crippen LogP contribution in [0, 0.1) is 5.82 Å². The topological polar surface area (TPSA) is 139 Å². The highest BCUT2D eigenvalue weighted by atomic mass is 32.1. The molecule has 2 aromatic heterocycles. The van der Waals surface area contributed by atoms with Crippen LogP contribution in [0.15, 0.2) is 28.8 Å². The van der Waals surface area contributed by atoms with Gasteiger partial charge in [-0.05, 0) is 19.1 Å². The molecule has 5 rings (SSSR count). The van der Waals surface area contributed by atoms with Crippen molar-refractivity contribution in [3.05, 3.63) is 46.3 Å². The number of ether oxygens (including phenoxy) is 2.